The molecule has 0 amide bonds. The van der Waals surface area contributed by atoms with Crippen LogP contribution in [0.5, 0.6) is 0 Å². The Kier molecular flexibility index (Phi) is 5.91. The van der Waals surface area contributed by atoms with E-state index >= 15 is 0 Å². The molecule has 0 saturated heterocycles. The van der Waals surface area contributed by atoms with E-state index < -0.39 is 0 Å². The maximum atomic E-state index is 6.25. The van der Waals surface area contributed by atoms with Crippen LogP contribution in [0.25, 0.3) is 83.2 Å². The first-order valence-electron chi connectivity index (χ1n) is 15.3. The molecule has 2 aromatic heterocycles. The molecule has 0 bridgehead atoms. The highest BCUT2D eigenvalue weighted by Gasteiger charge is 2.21. The van der Waals surface area contributed by atoms with Crippen molar-refractivity contribution in [3.8, 4) is 34.2 Å². The first-order valence-corrected chi connectivity index (χ1v) is 15.3. The summed E-state index contributed by atoms with van der Waals surface area (Å²) in [7, 11) is 0. The number of furan rings is 1. The Morgan fingerprint density at radius 2 is 1.04 bits per heavy atom. The van der Waals surface area contributed by atoms with Crippen molar-refractivity contribution in [1.82, 2.24) is 15.0 Å². The normalized spacial score (nSPS) is 13.2. The summed E-state index contributed by atoms with van der Waals surface area (Å²) in [6, 6.07) is 41.8. The molecule has 6 aromatic carbocycles. The zero-order valence-electron chi connectivity index (χ0n) is 24.4. The van der Waals surface area contributed by atoms with E-state index in [0.717, 1.165) is 62.2 Å². The van der Waals surface area contributed by atoms with E-state index in [9.17, 15) is 0 Å². The van der Waals surface area contributed by atoms with Crippen LogP contribution in [0.4, 0.5) is 0 Å². The molecule has 0 aliphatic heterocycles. The minimum absolute atomic E-state index is 0.610. The number of nitrogens with zero attached hydrogens (tertiary/aromatic N) is 3. The van der Waals surface area contributed by atoms with Crippen LogP contribution in [0.2, 0.25) is 0 Å². The summed E-state index contributed by atoms with van der Waals surface area (Å²) in [4.78, 5) is 15.4. The topological polar surface area (TPSA) is 51.8 Å². The molecule has 1 aliphatic carbocycles. The minimum Gasteiger partial charge on any atom is -0.456 e. The Balaban J connectivity index is 1.34. The lowest BCUT2D eigenvalue weighted by atomic mass is 9.85. The Morgan fingerprint density at radius 1 is 0.467 bits per heavy atom. The fraction of sp³-hybridized carbons (Fsp3) is 0.0488. The van der Waals surface area contributed by atoms with Gasteiger partial charge in [-0.15, -0.1) is 0 Å². The molecule has 45 heavy (non-hydrogen) atoms. The summed E-state index contributed by atoms with van der Waals surface area (Å²) in [6.45, 7) is 0. The highest BCUT2D eigenvalue weighted by atomic mass is 16.3. The minimum atomic E-state index is 0.610. The molecule has 8 aromatic rings. The van der Waals surface area contributed by atoms with Crippen molar-refractivity contribution < 1.29 is 4.42 Å². The molecule has 0 N–H and O–H groups in total. The van der Waals surface area contributed by atoms with Gasteiger partial charge in [0.2, 0.25) is 0 Å². The van der Waals surface area contributed by atoms with E-state index in [1.54, 1.807) is 0 Å². The van der Waals surface area contributed by atoms with Gasteiger partial charge in [-0.3, -0.25) is 0 Å². The van der Waals surface area contributed by atoms with Crippen LogP contribution >= 0.6 is 0 Å². The number of hydrogen-bond donors (Lipinski definition) is 0. The predicted molar refractivity (Wildman–Crippen MR) is 185 cm³/mol. The van der Waals surface area contributed by atoms with E-state index in [1.165, 1.54) is 21.9 Å². The zero-order valence-corrected chi connectivity index (χ0v) is 24.4. The quantitative estimate of drug-likeness (QED) is 0.195. The summed E-state index contributed by atoms with van der Waals surface area (Å²) < 4.78 is 6.25. The number of rotatable bonds is 4. The molecule has 212 valence electrons. The van der Waals surface area contributed by atoms with Gasteiger partial charge in [0.05, 0.1) is 0 Å². The van der Waals surface area contributed by atoms with E-state index in [2.05, 4.69) is 85.0 Å². The molecule has 4 nitrogen and oxygen atoms in total. The van der Waals surface area contributed by atoms with Gasteiger partial charge in [-0.05, 0) is 63.7 Å². The van der Waals surface area contributed by atoms with Gasteiger partial charge in [0.15, 0.2) is 17.5 Å². The molecule has 4 heteroatoms. The third-order valence-electron chi connectivity index (χ3n) is 8.79. The Labute approximate surface area is 260 Å². The summed E-state index contributed by atoms with van der Waals surface area (Å²) >= 11 is 0. The third-order valence-corrected chi connectivity index (χ3v) is 8.79. The van der Waals surface area contributed by atoms with Crippen LogP contribution in [0, 0.1) is 0 Å². The fourth-order valence-corrected chi connectivity index (χ4v) is 6.72. The van der Waals surface area contributed by atoms with Gasteiger partial charge in [0.25, 0.3) is 0 Å². The summed E-state index contributed by atoms with van der Waals surface area (Å²) in [5.41, 5.74) is 7.17. The van der Waals surface area contributed by atoms with Crippen molar-refractivity contribution >= 4 is 49.1 Å². The lowest BCUT2D eigenvalue weighted by Gasteiger charge is -2.19. The van der Waals surface area contributed by atoms with Crippen LogP contribution in [0.15, 0.2) is 144 Å². The average molecular weight is 578 g/mol. The van der Waals surface area contributed by atoms with E-state index in [1.807, 2.05) is 54.6 Å². The summed E-state index contributed by atoms with van der Waals surface area (Å²) in [6.07, 6.45) is 8.74. The molecule has 0 unspecified atom stereocenters. The highest BCUT2D eigenvalue weighted by molar-refractivity contribution is 6.18. The van der Waals surface area contributed by atoms with Crippen LogP contribution < -0.4 is 0 Å². The summed E-state index contributed by atoms with van der Waals surface area (Å²) in [5.74, 6) is 1.90. The molecule has 0 radical (unpaired) electrons. The van der Waals surface area contributed by atoms with Gasteiger partial charge in [-0.1, -0.05) is 121 Å². The van der Waals surface area contributed by atoms with Gasteiger partial charge >= 0.3 is 0 Å². The third kappa shape index (κ3) is 4.26. The Hall–Kier alpha value is -5.87. The van der Waals surface area contributed by atoms with Crippen molar-refractivity contribution in [3.63, 3.8) is 0 Å². The zero-order chi connectivity index (χ0) is 29.7. The molecule has 0 atom stereocenters. The number of aromatic nitrogens is 3. The largest absolute Gasteiger partial charge is 0.456 e. The van der Waals surface area contributed by atoms with Crippen molar-refractivity contribution in [2.45, 2.75) is 12.8 Å². The van der Waals surface area contributed by atoms with Crippen LogP contribution in [0.1, 0.15) is 18.4 Å². The van der Waals surface area contributed by atoms with Crippen molar-refractivity contribution in [2.75, 3.05) is 0 Å². The maximum Gasteiger partial charge on any atom is 0.165 e. The number of para-hydroxylation sites is 1. The molecular formula is C41H27N3O. The molecule has 0 spiro atoms. The van der Waals surface area contributed by atoms with Crippen molar-refractivity contribution in [3.05, 3.63) is 145 Å². The molecule has 0 fully saturated rings. The number of fused-ring (bicyclic) bond motifs is 5. The standard InChI is InChI=1S/C41H27N3O/c1-3-13-26(14-4-1)37-31-18-7-9-20-33(31)38(34-21-10-8-19-32(34)37)41-43-39(27-15-5-2-6-16-27)42-40(44-41)28-23-24-30-29-17-11-12-22-35(29)45-36(30)25-28/h1-3,5-13,15-25H,4,14H2. The molecule has 1 aliphatic rings. The van der Waals surface area contributed by atoms with Gasteiger partial charge < -0.3 is 4.42 Å². The average Bonchev–Trinajstić information content (AvgIpc) is 3.49. The highest BCUT2D eigenvalue weighted by Crippen LogP contribution is 2.43. The molecular weight excluding hydrogens is 550 g/mol. The second-order valence-corrected chi connectivity index (χ2v) is 11.5. The van der Waals surface area contributed by atoms with Crippen molar-refractivity contribution in [2.24, 2.45) is 0 Å². The number of allylic oxidation sites excluding steroid dienone is 4. The van der Waals surface area contributed by atoms with E-state index in [0.29, 0.717) is 17.5 Å². The fourth-order valence-electron chi connectivity index (χ4n) is 6.72. The second-order valence-electron chi connectivity index (χ2n) is 11.5. The Bertz CT molecular complexity index is 2430. The molecule has 2 heterocycles. The van der Waals surface area contributed by atoms with Gasteiger partial charge in [-0.25, -0.2) is 15.0 Å². The van der Waals surface area contributed by atoms with E-state index in [-0.39, 0.29) is 0 Å². The second kappa shape index (κ2) is 10.4. The molecule has 9 rings (SSSR count). The smallest absolute Gasteiger partial charge is 0.165 e. The number of benzene rings is 6. The monoisotopic (exact) mass is 577 g/mol. The lowest BCUT2D eigenvalue weighted by Crippen LogP contribution is -2.02. The van der Waals surface area contributed by atoms with Crippen LogP contribution in [-0.4, -0.2) is 15.0 Å². The first-order chi connectivity index (χ1) is 22.3. The lowest BCUT2D eigenvalue weighted by molar-refractivity contribution is 0.669. The maximum absolute atomic E-state index is 6.25. The van der Waals surface area contributed by atoms with E-state index in [4.69, 9.17) is 19.4 Å². The van der Waals surface area contributed by atoms with Crippen molar-refractivity contribution in [1.29, 1.82) is 0 Å². The van der Waals surface area contributed by atoms with Gasteiger partial charge in [0.1, 0.15) is 11.2 Å². The predicted octanol–water partition coefficient (Wildman–Crippen LogP) is 10.8. The summed E-state index contributed by atoms with van der Waals surface area (Å²) in [5, 5.41) is 6.85. The first kappa shape index (κ1) is 25.6. The SMILES string of the molecule is C1=CCCC(c2c3ccccc3c(-c3nc(-c4ccccc4)nc(-c4ccc5c(c4)oc4ccccc45)n3)c3ccccc23)=C1. The molecule has 0 saturated carbocycles. The Morgan fingerprint density at radius 3 is 1.73 bits per heavy atom. The van der Waals surface area contributed by atoms with Gasteiger partial charge in [-0.2, -0.15) is 0 Å². The van der Waals surface area contributed by atoms with Crippen LogP contribution in [-0.2, 0) is 0 Å². The van der Waals surface area contributed by atoms with Crippen LogP contribution in [0.3, 0.4) is 0 Å². The van der Waals surface area contributed by atoms with Gasteiger partial charge in [0, 0.05) is 27.5 Å². The number of hydrogen-bond acceptors (Lipinski definition) is 4.